The van der Waals surface area contributed by atoms with E-state index in [9.17, 15) is 0 Å². The van der Waals surface area contributed by atoms with Gasteiger partial charge in [-0.25, -0.2) is 4.98 Å². The van der Waals surface area contributed by atoms with E-state index in [1.165, 1.54) is 0 Å². The first kappa shape index (κ1) is 11.3. The molecular formula is C10H11Cl3N2. The molecule has 0 radical (unpaired) electrons. The molecule has 1 aliphatic heterocycles. The van der Waals surface area contributed by atoms with Gasteiger partial charge in [-0.3, -0.25) is 0 Å². The van der Waals surface area contributed by atoms with Gasteiger partial charge in [0.25, 0.3) is 0 Å². The molecule has 1 aromatic rings. The highest BCUT2D eigenvalue weighted by atomic mass is 35.5. The molecule has 2 heterocycles. The van der Waals surface area contributed by atoms with Crippen LogP contribution in [-0.2, 0) is 0 Å². The van der Waals surface area contributed by atoms with Crippen molar-refractivity contribution >= 4 is 40.6 Å². The van der Waals surface area contributed by atoms with Crippen LogP contribution < -0.4 is 4.90 Å². The number of rotatable bonds is 2. The third-order valence-electron chi connectivity index (χ3n) is 2.62. The zero-order valence-electron chi connectivity index (χ0n) is 8.09. The second kappa shape index (κ2) is 4.77. The number of aromatic nitrogens is 1. The lowest BCUT2D eigenvalue weighted by molar-refractivity contribution is 0.734. The van der Waals surface area contributed by atoms with Crippen molar-refractivity contribution in [2.45, 2.75) is 18.9 Å². The van der Waals surface area contributed by atoms with Crippen LogP contribution in [-0.4, -0.2) is 23.5 Å². The molecule has 2 nitrogen and oxygen atoms in total. The molecular weight excluding hydrogens is 254 g/mol. The zero-order chi connectivity index (χ0) is 10.8. The van der Waals surface area contributed by atoms with E-state index in [0.29, 0.717) is 22.0 Å². The lowest BCUT2D eigenvalue weighted by atomic mass is 10.2. The summed E-state index contributed by atoms with van der Waals surface area (Å²) in [6.45, 7) is 0.964. The van der Waals surface area contributed by atoms with Gasteiger partial charge in [-0.2, -0.15) is 0 Å². The zero-order valence-corrected chi connectivity index (χ0v) is 10.4. The van der Waals surface area contributed by atoms with Gasteiger partial charge in [0, 0.05) is 24.7 Å². The third-order valence-corrected chi connectivity index (χ3v) is 3.46. The highest BCUT2D eigenvalue weighted by molar-refractivity contribution is 6.36. The van der Waals surface area contributed by atoms with E-state index in [0.717, 1.165) is 25.2 Å². The topological polar surface area (TPSA) is 16.1 Å². The van der Waals surface area contributed by atoms with E-state index in [2.05, 4.69) is 9.88 Å². The van der Waals surface area contributed by atoms with E-state index in [4.69, 9.17) is 34.8 Å². The monoisotopic (exact) mass is 264 g/mol. The molecule has 1 fully saturated rings. The van der Waals surface area contributed by atoms with Gasteiger partial charge in [0.15, 0.2) is 0 Å². The van der Waals surface area contributed by atoms with E-state index in [-0.39, 0.29) is 0 Å². The maximum Gasteiger partial charge on any atom is 0.147 e. The fourth-order valence-corrected chi connectivity index (χ4v) is 2.70. The summed E-state index contributed by atoms with van der Waals surface area (Å²) in [7, 11) is 0. The molecule has 5 heteroatoms. The predicted octanol–water partition coefficient (Wildman–Crippen LogP) is 3.60. The van der Waals surface area contributed by atoms with Crippen molar-refractivity contribution in [2.75, 3.05) is 17.3 Å². The molecule has 15 heavy (non-hydrogen) atoms. The fourth-order valence-electron chi connectivity index (χ4n) is 1.89. The van der Waals surface area contributed by atoms with Gasteiger partial charge in [0.05, 0.1) is 10.0 Å². The second-order valence-electron chi connectivity index (χ2n) is 3.60. The molecule has 0 aromatic carbocycles. The molecule has 0 aliphatic carbocycles. The van der Waals surface area contributed by atoms with Crippen LogP contribution >= 0.6 is 34.8 Å². The number of alkyl halides is 1. The van der Waals surface area contributed by atoms with Crippen LogP contribution in [0.15, 0.2) is 12.3 Å². The molecule has 0 saturated carbocycles. The summed E-state index contributed by atoms with van der Waals surface area (Å²) in [5, 5.41) is 1.16. The first-order valence-electron chi connectivity index (χ1n) is 4.86. The van der Waals surface area contributed by atoms with Gasteiger partial charge in [-0.15, -0.1) is 11.6 Å². The minimum absolute atomic E-state index is 0.345. The Morgan fingerprint density at radius 3 is 2.93 bits per heavy atom. The molecule has 1 aliphatic rings. The number of nitrogens with zero attached hydrogens (tertiary/aromatic N) is 2. The Hall–Kier alpha value is -0.180. The smallest absolute Gasteiger partial charge is 0.147 e. The lowest BCUT2D eigenvalue weighted by Gasteiger charge is -2.24. The molecule has 1 unspecified atom stereocenters. The van der Waals surface area contributed by atoms with Gasteiger partial charge in [0.2, 0.25) is 0 Å². The van der Waals surface area contributed by atoms with Crippen molar-refractivity contribution in [3.05, 3.63) is 22.3 Å². The minimum atomic E-state index is 0.345. The van der Waals surface area contributed by atoms with Gasteiger partial charge in [-0.05, 0) is 18.9 Å². The molecule has 1 aromatic heterocycles. The molecule has 1 atom stereocenters. The van der Waals surface area contributed by atoms with E-state index < -0.39 is 0 Å². The Balaban J connectivity index is 2.28. The number of hydrogen-bond acceptors (Lipinski definition) is 2. The second-order valence-corrected chi connectivity index (χ2v) is 4.75. The molecule has 0 spiro atoms. The van der Waals surface area contributed by atoms with Crippen LogP contribution in [0, 0.1) is 0 Å². The minimum Gasteiger partial charge on any atom is -0.351 e. The van der Waals surface area contributed by atoms with Crippen molar-refractivity contribution in [3.8, 4) is 0 Å². The Bertz CT molecular complexity index is 357. The average Bonchev–Trinajstić information content (AvgIpc) is 2.65. The maximum atomic E-state index is 6.10. The summed E-state index contributed by atoms with van der Waals surface area (Å²) in [6.07, 6.45) is 3.86. The first-order chi connectivity index (χ1) is 7.22. The summed E-state index contributed by atoms with van der Waals surface area (Å²) in [4.78, 5) is 6.42. The summed E-state index contributed by atoms with van der Waals surface area (Å²) in [5.74, 6) is 1.41. The van der Waals surface area contributed by atoms with Crippen molar-refractivity contribution in [1.29, 1.82) is 0 Å². The average molecular weight is 266 g/mol. The van der Waals surface area contributed by atoms with Crippen LogP contribution in [0.2, 0.25) is 10.0 Å². The SMILES string of the molecule is ClCC1CCCN1c1ncc(Cl)cc1Cl. The fraction of sp³-hybridized carbons (Fsp3) is 0.500. The van der Waals surface area contributed by atoms with Crippen LogP contribution in [0.3, 0.4) is 0 Å². The van der Waals surface area contributed by atoms with Gasteiger partial charge in [-0.1, -0.05) is 23.2 Å². The summed E-state index contributed by atoms with van der Waals surface area (Å²) < 4.78 is 0. The van der Waals surface area contributed by atoms with E-state index >= 15 is 0 Å². The van der Waals surface area contributed by atoms with Crippen LogP contribution in [0.4, 0.5) is 5.82 Å². The van der Waals surface area contributed by atoms with E-state index in [1.807, 2.05) is 0 Å². The molecule has 82 valence electrons. The number of anilines is 1. The highest BCUT2D eigenvalue weighted by Gasteiger charge is 2.26. The van der Waals surface area contributed by atoms with Gasteiger partial charge >= 0.3 is 0 Å². The molecule has 1 saturated heterocycles. The van der Waals surface area contributed by atoms with Crippen molar-refractivity contribution in [3.63, 3.8) is 0 Å². The number of halogens is 3. The Kier molecular flexibility index (Phi) is 3.60. The first-order valence-corrected chi connectivity index (χ1v) is 6.15. The third kappa shape index (κ3) is 2.32. The summed E-state index contributed by atoms with van der Waals surface area (Å²) >= 11 is 17.8. The molecule has 0 amide bonds. The van der Waals surface area contributed by atoms with E-state index in [1.54, 1.807) is 12.3 Å². The lowest BCUT2D eigenvalue weighted by Crippen LogP contribution is -2.31. The largest absolute Gasteiger partial charge is 0.351 e. The summed E-state index contributed by atoms with van der Waals surface area (Å²) in [5.41, 5.74) is 0. The molecule has 0 bridgehead atoms. The van der Waals surface area contributed by atoms with Crippen molar-refractivity contribution < 1.29 is 0 Å². The molecule has 2 rings (SSSR count). The maximum absolute atomic E-state index is 6.10. The highest BCUT2D eigenvalue weighted by Crippen LogP contribution is 2.31. The van der Waals surface area contributed by atoms with Crippen LogP contribution in [0.25, 0.3) is 0 Å². The number of pyridine rings is 1. The summed E-state index contributed by atoms with van der Waals surface area (Å²) in [6, 6.07) is 2.06. The Labute approximate surface area is 104 Å². The van der Waals surface area contributed by atoms with Crippen LogP contribution in [0.1, 0.15) is 12.8 Å². The Morgan fingerprint density at radius 2 is 2.27 bits per heavy atom. The quantitative estimate of drug-likeness (QED) is 0.760. The predicted molar refractivity (Wildman–Crippen MR) is 65.3 cm³/mol. The van der Waals surface area contributed by atoms with Gasteiger partial charge < -0.3 is 4.90 Å². The standard InChI is InChI=1S/C10H11Cl3N2/c11-5-8-2-1-3-15(8)10-9(13)4-7(12)6-14-10/h4,6,8H,1-3,5H2. The van der Waals surface area contributed by atoms with Gasteiger partial charge in [0.1, 0.15) is 5.82 Å². The Morgan fingerprint density at radius 1 is 1.47 bits per heavy atom. The van der Waals surface area contributed by atoms with Crippen LogP contribution in [0.5, 0.6) is 0 Å². The van der Waals surface area contributed by atoms with Crippen molar-refractivity contribution in [2.24, 2.45) is 0 Å². The molecule has 0 N–H and O–H groups in total. The normalized spacial score (nSPS) is 21.0. The van der Waals surface area contributed by atoms with Crippen molar-refractivity contribution in [1.82, 2.24) is 4.98 Å². The number of hydrogen-bond donors (Lipinski definition) is 0.